The molecule has 108 valence electrons. The van der Waals surface area contributed by atoms with Crippen molar-refractivity contribution in [1.82, 2.24) is 5.32 Å². The van der Waals surface area contributed by atoms with Crippen molar-refractivity contribution in [2.45, 2.75) is 6.42 Å². The first kappa shape index (κ1) is 14.3. The van der Waals surface area contributed by atoms with Crippen molar-refractivity contribution >= 4 is 17.3 Å². The Labute approximate surface area is 116 Å². The van der Waals surface area contributed by atoms with Gasteiger partial charge in [0.25, 0.3) is 11.6 Å². The Morgan fingerprint density at radius 3 is 2.90 bits per heavy atom. The number of hydrogen-bond acceptors (Lipinski definition) is 5. The molecule has 1 aliphatic heterocycles. The summed E-state index contributed by atoms with van der Waals surface area (Å²) >= 11 is 0. The highest BCUT2D eigenvalue weighted by Gasteiger charge is 2.27. The van der Waals surface area contributed by atoms with E-state index in [4.69, 9.17) is 5.73 Å². The summed E-state index contributed by atoms with van der Waals surface area (Å²) < 4.78 is 0. The maximum absolute atomic E-state index is 11.6. The maximum Gasteiger partial charge on any atom is 0.293 e. The monoisotopic (exact) mass is 278 g/mol. The quantitative estimate of drug-likeness (QED) is 0.624. The summed E-state index contributed by atoms with van der Waals surface area (Å²) in [4.78, 5) is 24.3. The molecule has 1 heterocycles. The van der Waals surface area contributed by atoms with Gasteiger partial charge in [-0.3, -0.25) is 14.9 Å². The molecule has 0 radical (unpaired) electrons. The number of amides is 1. The van der Waals surface area contributed by atoms with Crippen molar-refractivity contribution < 1.29 is 9.72 Å². The molecular weight excluding hydrogens is 260 g/mol. The molecule has 20 heavy (non-hydrogen) atoms. The zero-order valence-electron chi connectivity index (χ0n) is 11.3. The number of carbonyl (C=O) groups is 1. The van der Waals surface area contributed by atoms with Gasteiger partial charge >= 0.3 is 0 Å². The van der Waals surface area contributed by atoms with E-state index in [1.807, 2.05) is 4.90 Å². The Morgan fingerprint density at radius 1 is 1.60 bits per heavy atom. The van der Waals surface area contributed by atoms with Crippen LogP contribution in [0.2, 0.25) is 0 Å². The number of nitrogens with zero attached hydrogens (tertiary/aromatic N) is 2. The summed E-state index contributed by atoms with van der Waals surface area (Å²) in [5, 5.41) is 13.7. The number of nitro benzene ring substituents is 1. The van der Waals surface area contributed by atoms with Gasteiger partial charge in [0.1, 0.15) is 5.69 Å². The lowest BCUT2D eigenvalue weighted by Crippen LogP contribution is -2.24. The van der Waals surface area contributed by atoms with Gasteiger partial charge in [-0.1, -0.05) is 0 Å². The van der Waals surface area contributed by atoms with E-state index in [2.05, 4.69) is 5.32 Å². The van der Waals surface area contributed by atoms with Gasteiger partial charge in [0, 0.05) is 31.8 Å². The molecule has 2 rings (SSSR count). The molecule has 1 amide bonds. The minimum Gasteiger partial charge on any atom is -0.366 e. The Bertz CT molecular complexity index is 532. The predicted molar refractivity (Wildman–Crippen MR) is 75.9 cm³/mol. The molecule has 7 nitrogen and oxygen atoms in total. The van der Waals surface area contributed by atoms with Crippen LogP contribution in [0.1, 0.15) is 16.8 Å². The van der Waals surface area contributed by atoms with Gasteiger partial charge in [0.15, 0.2) is 0 Å². The van der Waals surface area contributed by atoms with Gasteiger partial charge in [-0.2, -0.15) is 0 Å². The van der Waals surface area contributed by atoms with Crippen molar-refractivity contribution in [2.75, 3.05) is 31.6 Å². The van der Waals surface area contributed by atoms with Crippen molar-refractivity contribution in [3.8, 4) is 0 Å². The number of anilines is 1. The van der Waals surface area contributed by atoms with Crippen molar-refractivity contribution in [3.63, 3.8) is 0 Å². The molecule has 0 aliphatic carbocycles. The smallest absolute Gasteiger partial charge is 0.293 e. The number of nitro groups is 1. The first-order valence-electron chi connectivity index (χ1n) is 6.52. The minimum absolute atomic E-state index is 0.0382. The second-order valence-corrected chi connectivity index (χ2v) is 4.88. The van der Waals surface area contributed by atoms with Crippen molar-refractivity contribution in [3.05, 3.63) is 33.9 Å². The molecule has 7 heteroatoms. The highest BCUT2D eigenvalue weighted by Crippen LogP contribution is 2.32. The molecule has 1 unspecified atom stereocenters. The molecule has 1 atom stereocenters. The summed E-state index contributed by atoms with van der Waals surface area (Å²) in [7, 11) is 1.49. The average Bonchev–Trinajstić information content (AvgIpc) is 2.94. The first-order valence-corrected chi connectivity index (χ1v) is 6.52. The van der Waals surface area contributed by atoms with Crippen LogP contribution in [0.5, 0.6) is 0 Å². The fourth-order valence-corrected chi connectivity index (χ4v) is 2.47. The Hall–Kier alpha value is -2.15. The number of rotatable bonds is 4. The molecule has 0 spiro atoms. The molecule has 0 saturated carbocycles. The molecule has 1 aromatic carbocycles. The molecule has 1 aliphatic rings. The third kappa shape index (κ3) is 2.72. The van der Waals surface area contributed by atoms with Crippen LogP contribution >= 0.6 is 0 Å². The van der Waals surface area contributed by atoms with E-state index in [1.54, 1.807) is 12.1 Å². The van der Waals surface area contributed by atoms with Crippen LogP contribution in [-0.2, 0) is 0 Å². The van der Waals surface area contributed by atoms with E-state index >= 15 is 0 Å². The molecule has 1 aromatic rings. The average molecular weight is 278 g/mol. The molecule has 1 fully saturated rings. The van der Waals surface area contributed by atoms with Crippen LogP contribution in [0, 0.1) is 16.0 Å². The maximum atomic E-state index is 11.6. The molecule has 0 aromatic heterocycles. The summed E-state index contributed by atoms with van der Waals surface area (Å²) in [5.74, 6) is 0.0362. The first-order chi connectivity index (χ1) is 9.56. The van der Waals surface area contributed by atoms with Gasteiger partial charge in [-0.05, 0) is 31.0 Å². The van der Waals surface area contributed by atoms with Crippen molar-refractivity contribution in [2.24, 2.45) is 11.7 Å². The van der Waals surface area contributed by atoms with E-state index in [1.165, 1.54) is 13.1 Å². The lowest BCUT2D eigenvalue weighted by molar-refractivity contribution is -0.384. The molecule has 0 bridgehead atoms. The van der Waals surface area contributed by atoms with Crippen molar-refractivity contribution in [1.29, 1.82) is 0 Å². The molecule has 1 saturated heterocycles. The Kier molecular flexibility index (Phi) is 4.19. The van der Waals surface area contributed by atoms with Crippen LogP contribution in [0.15, 0.2) is 18.2 Å². The summed E-state index contributed by atoms with van der Waals surface area (Å²) in [5.41, 5.74) is 6.45. The Morgan fingerprint density at radius 2 is 2.35 bits per heavy atom. The SMILES string of the molecule is CNC(=O)c1ccc(N2CCC(CN)C2)c([N+](=O)[O-])c1. The zero-order valence-corrected chi connectivity index (χ0v) is 11.3. The minimum atomic E-state index is -0.447. The summed E-state index contributed by atoms with van der Waals surface area (Å²) in [6.45, 7) is 2.05. The topological polar surface area (TPSA) is 102 Å². The zero-order chi connectivity index (χ0) is 14.7. The van der Waals surface area contributed by atoms with E-state index in [9.17, 15) is 14.9 Å². The standard InChI is InChI=1S/C13H18N4O3/c1-15-13(18)10-2-3-11(12(6-10)17(19)20)16-5-4-9(7-14)8-16/h2-3,6,9H,4-5,7-8,14H2,1H3,(H,15,18). The lowest BCUT2D eigenvalue weighted by Gasteiger charge is -2.18. The normalized spacial score (nSPS) is 18.1. The van der Waals surface area contributed by atoms with E-state index < -0.39 is 4.92 Å². The third-order valence-electron chi connectivity index (χ3n) is 3.62. The lowest BCUT2D eigenvalue weighted by atomic mass is 10.1. The van der Waals surface area contributed by atoms with Crippen LogP contribution in [0.4, 0.5) is 11.4 Å². The second kappa shape index (κ2) is 5.87. The molecule has 3 N–H and O–H groups in total. The van der Waals surface area contributed by atoms with Crippen LogP contribution in [0.25, 0.3) is 0 Å². The van der Waals surface area contributed by atoms with Crippen LogP contribution in [0.3, 0.4) is 0 Å². The number of hydrogen-bond donors (Lipinski definition) is 2. The predicted octanol–water partition coefficient (Wildman–Crippen LogP) is 0.739. The summed E-state index contributed by atoms with van der Waals surface area (Å²) in [6, 6.07) is 4.57. The Balaban J connectivity index is 2.33. The third-order valence-corrected chi connectivity index (χ3v) is 3.62. The number of benzene rings is 1. The van der Waals surface area contributed by atoms with Gasteiger partial charge in [-0.15, -0.1) is 0 Å². The fraction of sp³-hybridized carbons (Fsp3) is 0.462. The van der Waals surface area contributed by atoms with E-state index in [0.717, 1.165) is 19.5 Å². The highest BCUT2D eigenvalue weighted by atomic mass is 16.6. The van der Waals surface area contributed by atoms with Crippen LogP contribution < -0.4 is 16.0 Å². The van der Waals surface area contributed by atoms with Crippen LogP contribution in [-0.4, -0.2) is 37.5 Å². The van der Waals surface area contributed by atoms with Gasteiger partial charge in [0.2, 0.25) is 0 Å². The molecular formula is C13H18N4O3. The highest BCUT2D eigenvalue weighted by molar-refractivity contribution is 5.95. The number of carbonyl (C=O) groups excluding carboxylic acids is 1. The summed E-state index contributed by atoms with van der Waals surface area (Å²) in [6.07, 6.45) is 0.935. The van der Waals surface area contributed by atoms with Gasteiger partial charge in [-0.25, -0.2) is 0 Å². The fourth-order valence-electron chi connectivity index (χ4n) is 2.47. The van der Waals surface area contributed by atoms with Gasteiger partial charge in [0.05, 0.1) is 4.92 Å². The van der Waals surface area contributed by atoms with E-state index in [-0.39, 0.29) is 17.2 Å². The largest absolute Gasteiger partial charge is 0.366 e. The number of nitrogens with two attached hydrogens (primary N) is 1. The van der Waals surface area contributed by atoms with Gasteiger partial charge < -0.3 is 16.0 Å². The second-order valence-electron chi connectivity index (χ2n) is 4.88. The number of nitrogens with one attached hydrogen (secondary N) is 1. The van der Waals surface area contributed by atoms with E-state index in [0.29, 0.717) is 18.2 Å².